The summed E-state index contributed by atoms with van der Waals surface area (Å²) in [5, 5.41) is 0. The zero-order valence-corrected chi connectivity index (χ0v) is 8.89. The van der Waals surface area contributed by atoms with Crippen LogP contribution in [-0.4, -0.2) is 6.09 Å². The number of amides is 1. The number of para-hydroxylation sites is 1. The quantitative estimate of drug-likeness (QED) is 0.863. The van der Waals surface area contributed by atoms with Crippen LogP contribution in [0.15, 0.2) is 48.5 Å². The lowest BCUT2D eigenvalue weighted by Gasteiger charge is -2.09. The Kier molecular flexibility index (Phi) is 3.05. The van der Waals surface area contributed by atoms with Crippen molar-refractivity contribution < 1.29 is 13.9 Å². The van der Waals surface area contributed by atoms with Crippen molar-refractivity contribution in [1.29, 1.82) is 0 Å². The molecule has 0 unspecified atom stereocenters. The molecule has 2 aromatic rings. The van der Waals surface area contributed by atoms with Crippen LogP contribution in [0.2, 0.25) is 0 Å². The van der Waals surface area contributed by atoms with E-state index in [-0.39, 0.29) is 11.6 Å². The smallest absolute Gasteiger partial charge is 0.409 e. The molecule has 0 radical (unpaired) electrons. The van der Waals surface area contributed by atoms with Crippen LogP contribution < -0.4 is 10.5 Å². The molecule has 2 rings (SSSR count). The maximum Gasteiger partial charge on any atom is 0.409 e. The molecule has 2 aromatic carbocycles. The van der Waals surface area contributed by atoms with Crippen molar-refractivity contribution >= 4 is 6.09 Å². The highest BCUT2D eigenvalue weighted by molar-refractivity contribution is 5.76. The average molecular weight is 231 g/mol. The Morgan fingerprint density at radius 3 is 2.24 bits per heavy atom. The SMILES string of the molecule is NC(=O)Oc1ccccc1-c1ccccc1F. The molecule has 0 saturated heterocycles. The summed E-state index contributed by atoms with van der Waals surface area (Å²) in [6.07, 6.45) is -0.922. The Morgan fingerprint density at radius 1 is 1.00 bits per heavy atom. The van der Waals surface area contributed by atoms with E-state index in [1.165, 1.54) is 6.07 Å². The van der Waals surface area contributed by atoms with Crippen LogP contribution in [0.4, 0.5) is 9.18 Å². The van der Waals surface area contributed by atoms with Gasteiger partial charge in [0.1, 0.15) is 11.6 Å². The molecule has 4 heteroatoms. The second-order valence-electron chi connectivity index (χ2n) is 3.40. The van der Waals surface area contributed by atoms with Gasteiger partial charge in [0, 0.05) is 11.1 Å². The van der Waals surface area contributed by atoms with Gasteiger partial charge in [-0.15, -0.1) is 0 Å². The monoisotopic (exact) mass is 231 g/mol. The van der Waals surface area contributed by atoms with E-state index < -0.39 is 6.09 Å². The topological polar surface area (TPSA) is 52.3 Å². The Bertz CT molecular complexity index is 555. The maximum absolute atomic E-state index is 13.6. The maximum atomic E-state index is 13.6. The van der Waals surface area contributed by atoms with Gasteiger partial charge in [-0.2, -0.15) is 0 Å². The summed E-state index contributed by atoms with van der Waals surface area (Å²) >= 11 is 0. The number of primary amides is 1. The predicted molar refractivity (Wildman–Crippen MR) is 62.0 cm³/mol. The van der Waals surface area contributed by atoms with Crippen molar-refractivity contribution in [1.82, 2.24) is 0 Å². The van der Waals surface area contributed by atoms with E-state index in [0.717, 1.165) is 0 Å². The van der Waals surface area contributed by atoms with Crippen LogP contribution in [0.5, 0.6) is 5.75 Å². The molecule has 17 heavy (non-hydrogen) atoms. The number of ether oxygens (including phenoxy) is 1. The largest absolute Gasteiger partial charge is 0.410 e. The molecule has 0 bridgehead atoms. The van der Waals surface area contributed by atoms with Crippen LogP contribution in [0.3, 0.4) is 0 Å². The summed E-state index contributed by atoms with van der Waals surface area (Å²) in [5.74, 6) is -0.141. The number of hydrogen-bond donors (Lipinski definition) is 1. The molecular formula is C13H10FNO2. The van der Waals surface area contributed by atoms with E-state index in [1.807, 2.05) is 0 Å². The van der Waals surface area contributed by atoms with E-state index in [4.69, 9.17) is 10.5 Å². The normalized spacial score (nSPS) is 9.94. The minimum absolute atomic E-state index is 0.241. The van der Waals surface area contributed by atoms with Crippen LogP contribution in [-0.2, 0) is 0 Å². The highest BCUT2D eigenvalue weighted by Gasteiger charge is 2.11. The van der Waals surface area contributed by atoms with Crippen molar-refractivity contribution in [3.05, 3.63) is 54.3 Å². The van der Waals surface area contributed by atoms with Gasteiger partial charge in [0.25, 0.3) is 0 Å². The summed E-state index contributed by atoms with van der Waals surface area (Å²) in [5.41, 5.74) is 5.81. The Morgan fingerprint density at radius 2 is 1.59 bits per heavy atom. The van der Waals surface area contributed by atoms with Gasteiger partial charge in [0.2, 0.25) is 0 Å². The third-order valence-electron chi connectivity index (χ3n) is 2.26. The van der Waals surface area contributed by atoms with Crippen molar-refractivity contribution in [3.63, 3.8) is 0 Å². The highest BCUT2D eigenvalue weighted by atomic mass is 19.1. The molecule has 2 N–H and O–H groups in total. The number of benzene rings is 2. The first-order valence-electron chi connectivity index (χ1n) is 4.99. The van der Waals surface area contributed by atoms with Gasteiger partial charge in [0.05, 0.1) is 0 Å². The predicted octanol–water partition coefficient (Wildman–Crippen LogP) is 2.95. The summed E-state index contributed by atoms with van der Waals surface area (Å²) in [6, 6.07) is 12.9. The molecule has 1 amide bonds. The minimum Gasteiger partial charge on any atom is -0.410 e. The highest BCUT2D eigenvalue weighted by Crippen LogP contribution is 2.31. The standard InChI is InChI=1S/C13H10FNO2/c14-11-7-3-1-5-9(11)10-6-2-4-8-12(10)17-13(15)16/h1-8H,(H2,15,16). The van der Waals surface area contributed by atoms with E-state index >= 15 is 0 Å². The zero-order chi connectivity index (χ0) is 12.3. The van der Waals surface area contributed by atoms with E-state index in [0.29, 0.717) is 11.1 Å². The Labute approximate surface area is 97.6 Å². The summed E-state index contributed by atoms with van der Waals surface area (Å²) < 4.78 is 18.4. The van der Waals surface area contributed by atoms with Crippen molar-refractivity contribution in [2.75, 3.05) is 0 Å². The molecule has 0 aromatic heterocycles. The molecule has 0 aliphatic rings. The van der Waals surface area contributed by atoms with Gasteiger partial charge in [-0.25, -0.2) is 9.18 Å². The van der Waals surface area contributed by atoms with Crippen LogP contribution in [0, 0.1) is 5.82 Å². The van der Waals surface area contributed by atoms with E-state index in [9.17, 15) is 9.18 Å². The fourth-order valence-electron chi connectivity index (χ4n) is 1.57. The molecule has 0 fully saturated rings. The second kappa shape index (κ2) is 4.65. The second-order valence-corrected chi connectivity index (χ2v) is 3.40. The van der Waals surface area contributed by atoms with Crippen molar-refractivity contribution in [3.8, 4) is 16.9 Å². The lowest BCUT2D eigenvalue weighted by molar-refractivity contribution is 0.211. The number of hydrogen-bond acceptors (Lipinski definition) is 2. The average Bonchev–Trinajstić information content (AvgIpc) is 2.30. The number of carbonyl (C=O) groups is 1. The third-order valence-corrected chi connectivity index (χ3v) is 2.26. The summed E-state index contributed by atoms with van der Waals surface area (Å²) in [6.45, 7) is 0. The molecule has 3 nitrogen and oxygen atoms in total. The molecule has 0 atom stereocenters. The molecule has 0 heterocycles. The van der Waals surface area contributed by atoms with Gasteiger partial charge in [0.15, 0.2) is 0 Å². The van der Waals surface area contributed by atoms with Crippen LogP contribution >= 0.6 is 0 Å². The van der Waals surface area contributed by atoms with Crippen LogP contribution in [0.25, 0.3) is 11.1 Å². The van der Waals surface area contributed by atoms with Gasteiger partial charge in [-0.3, -0.25) is 0 Å². The molecule has 0 saturated carbocycles. The lowest BCUT2D eigenvalue weighted by atomic mass is 10.0. The summed E-state index contributed by atoms with van der Waals surface area (Å²) in [7, 11) is 0. The fraction of sp³-hybridized carbons (Fsp3) is 0. The number of halogens is 1. The van der Waals surface area contributed by atoms with Crippen molar-refractivity contribution in [2.45, 2.75) is 0 Å². The van der Waals surface area contributed by atoms with Gasteiger partial charge in [-0.05, 0) is 12.1 Å². The third kappa shape index (κ3) is 2.42. The Balaban J connectivity index is 2.52. The molecule has 0 aliphatic heterocycles. The lowest BCUT2D eigenvalue weighted by Crippen LogP contribution is -2.16. The first-order valence-corrected chi connectivity index (χ1v) is 4.99. The fourth-order valence-corrected chi connectivity index (χ4v) is 1.57. The first-order chi connectivity index (χ1) is 8.18. The van der Waals surface area contributed by atoms with Gasteiger partial charge < -0.3 is 10.5 Å². The summed E-state index contributed by atoms with van der Waals surface area (Å²) in [4.78, 5) is 10.7. The van der Waals surface area contributed by atoms with Gasteiger partial charge >= 0.3 is 6.09 Å². The Hall–Kier alpha value is -2.36. The van der Waals surface area contributed by atoms with E-state index in [2.05, 4.69) is 0 Å². The molecule has 86 valence electrons. The zero-order valence-electron chi connectivity index (χ0n) is 8.89. The van der Waals surface area contributed by atoms with E-state index in [1.54, 1.807) is 42.5 Å². The number of nitrogens with two attached hydrogens (primary N) is 1. The minimum atomic E-state index is -0.922. The van der Waals surface area contributed by atoms with Gasteiger partial charge in [-0.1, -0.05) is 36.4 Å². The first kappa shape index (κ1) is 11.1. The van der Waals surface area contributed by atoms with Crippen LogP contribution in [0.1, 0.15) is 0 Å². The number of rotatable bonds is 2. The number of carbonyl (C=O) groups excluding carboxylic acids is 1. The molecule has 0 spiro atoms. The molecule has 0 aliphatic carbocycles. The van der Waals surface area contributed by atoms with Crippen molar-refractivity contribution in [2.24, 2.45) is 5.73 Å². The molecular weight excluding hydrogens is 221 g/mol.